The van der Waals surface area contributed by atoms with Crippen molar-refractivity contribution in [2.24, 2.45) is 11.5 Å². The molecule has 0 aliphatic heterocycles. The number of primary amides is 1. The standard InChI is InChI=1S/C22H24N8OS/c1-25-17-9-18(30-7-6-13-8-14(19(24)31)10-27-20(13)30)26-11-16(17)22-29-28-21(32-22)12-2-4-15(23)5-3-12/h6-12,15H,2-5,23H2,1H3,(H2,24,31)(H,25,26). The average Bonchev–Trinajstić information content (AvgIpc) is 3.46. The Balaban J connectivity index is 1.46. The minimum absolute atomic E-state index is 0.313. The molecule has 0 unspecified atom stereocenters. The van der Waals surface area contributed by atoms with Gasteiger partial charge in [0.15, 0.2) is 5.01 Å². The summed E-state index contributed by atoms with van der Waals surface area (Å²) >= 11 is 1.63. The Bertz CT molecular complexity index is 1290. The van der Waals surface area contributed by atoms with Crippen LogP contribution >= 0.6 is 11.3 Å². The van der Waals surface area contributed by atoms with E-state index in [1.165, 1.54) is 6.20 Å². The second kappa shape index (κ2) is 8.29. The molecule has 1 fully saturated rings. The molecule has 0 aromatic carbocycles. The highest BCUT2D eigenvalue weighted by Crippen LogP contribution is 2.38. The van der Waals surface area contributed by atoms with E-state index in [2.05, 4.69) is 25.5 Å². The zero-order valence-corrected chi connectivity index (χ0v) is 18.5. The first-order chi connectivity index (χ1) is 15.5. The van der Waals surface area contributed by atoms with Gasteiger partial charge in [-0.05, 0) is 37.8 Å². The maximum absolute atomic E-state index is 11.4. The first-order valence-corrected chi connectivity index (χ1v) is 11.4. The molecule has 5 rings (SSSR count). The molecule has 0 bridgehead atoms. The summed E-state index contributed by atoms with van der Waals surface area (Å²) in [7, 11) is 1.87. The molecular formula is C22H24N8OS. The molecule has 1 aliphatic carbocycles. The fraction of sp³-hybridized carbons (Fsp3) is 0.318. The molecule has 0 atom stereocenters. The van der Waals surface area contributed by atoms with Crippen molar-refractivity contribution in [3.05, 3.63) is 47.4 Å². The second-order valence-electron chi connectivity index (χ2n) is 8.08. The fourth-order valence-corrected chi connectivity index (χ4v) is 5.21. The van der Waals surface area contributed by atoms with Gasteiger partial charge in [0.25, 0.3) is 0 Å². The summed E-state index contributed by atoms with van der Waals surface area (Å²) in [4.78, 5) is 20.5. The summed E-state index contributed by atoms with van der Waals surface area (Å²) < 4.78 is 1.88. The van der Waals surface area contributed by atoms with Crippen molar-refractivity contribution < 1.29 is 4.79 Å². The number of rotatable bonds is 5. The van der Waals surface area contributed by atoms with E-state index >= 15 is 0 Å². The molecule has 0 saturated heterocycles. The SMILES string of the molecule is CNc1cc(-n2ccc3cc(C(N)=O)cnc32)ncc1-c1nnc(C2CCC(N)CC2)s1. The van der Waals surface area contributed by atoms with Crippen LogP contribution in [0.5, 0.6) is 0 Å². The smallest absolute Gasteiger partial charge is 0.250 e. The molecule has 164 valence electrons. The van der Waals surface area contributed by atoms with Gasteiger partial charge in [-0.25, -0.2) is 9.97 Å². The summed E-state index contributed by atoms with van der Waals surface area (Å²) in [5, 5.41) is 14.9. The van der Waals surface area contributed by atoms with Gasteiger partial charge >= 0.3 is 0 Å². The Morgan fingerprint density at radius 2 is 1.97 bits per heavy atom. The third-order valence-electron chi connectivity index (χ3n) is 6.01. The summed E-state index contributed by atoms with van der Waals surface area (Å²) in [6.45, 7) is 0. The zero-order chi connectivity index (χ0) is 22.2. The monoisotopic (exact) mass is 448 g/mol. The van der Waals surface area contributed by atoms with E-state index in [1.807, 2.05) is 36.1 Å². The van der Waals surface area contributed by atoms with Gasteiger partial charge < -0.3 is 16.8 Å². The highest BCUT2D eigenvalue weighted by molar-refractivity contribution is 7.14. The molecule has 5 N–H and O–H groups in total. The molecule has 9 nitrogen and oxygen atoms in total. The number of nitrogens with one attached hydrogen (secondary N) is 1. The van der Waals surface area contributed by atoms with E-state index < -0.39 is 5.91 Å². The Kier molecular flexibility index (Phi) is 5.32. The first-order valence-electron chi connectivity index (χ1n) is 10.6. The molecule has 0 radical (unpaired) electrons. The predicted molar refractivity (Wildman–Crippen MR) is 125 cm³/mol. The normalized spacial score (nSPS) is 18.7. The van der Waals surface area contributed by atoms with E-state index in [-0.39, 0.29) is 0 Å². The van der Waals surface area contributed by atoms with Crippen molar-refractivity contribution in [3.8, 4) is 16.4 Å². The van der Waals surface area contributed by atoms with Crippen LogP contribution < -0.4 is 16.8 Å². The number of pyridine rings is 2. The maximum Gasteiger partial charge on any atom is 0.250 e. The lowest BCUT2D eigenvalue weighted by Crippen LogP contribution is -2.25. The van der Waals surface area contributed by atoms with Gasteiger partial charge in [0.05, 0.1) is 11.1 Å². The Hall–Kier alpha value is -3.37. The van der Waals surface area contributed by atoms with E-state index in [0.29, 0.717) is 29.0 Å². The number of nitrogens with zero attached hydrogens (tertiary/aromatic N) is 5. The minimum Gasteiger partial charge on any atom is -0.387 e. The number of aromatic nitrogens is 5. The number of carbonyl (C=O) groups is 1. The van der Waals surface area contributed by atoms with Crippen molar-refractivity contribution in [1.82, 2.24) is 24.7 Å². The third kappa shape index (κ3) is 3.71. The van der Waals surface area contributed by atoms with Crippen LogP contribution in [0.3, 0.4) is 0 Å². The quantitative estimate of drug-likeness (QED) is 0.426. The highest BCUT2D eigenvalue weighted by Gasteiger charge is 2.24. The van der Waals surface area contributed by atoms with Crippen LogP contribution in [0.2, 0.25) is 0 Å². The Labute approximate surface area is 188 Å². The van der Waals surface area contributed by atoms with Gasteiger partial charge in [0.2, 0.25) is 5.91 Å². The van der Waals surface area contributed by atoms with Gasteiger partial charge in [-0.2, -0.15) is 0 Å². The molecule has 4 aromatic heterocycles. The lowest BCUT2D eigenvalue weighted by atomic mass is 9.87. The predicted octanol–water partition coefficient (Wildman–Crippen LogP) is 3.06. The summed E-state index contributed by atoms with van der Waals surface area (Å²) in [6.07, 6.45) is 9.38. The van der Waals surface area contributed by atoms with Gasteiger partial charge in [-0.3, -0.25) is 9.36 Å². The van der Waals surface area contributed by atoms with E-state index in [0.717, 1.165) is 52.3 Å². The molecule has 4 heterocycles. The van der Waals surface area contributed by atoms with Crippen molar-refractivity contribution in [2.75, 3.05) is 12.4 Å². The van der Waals surface area contributed by atoms with Gasteiger partial charge in [-0.15, -0.1) is 10.2 Å². The van der Waals surface area contributed by atoms with Crippen molar-refractivity contribution in [2.45, 2.75) is 37.6 Å². The van der Waals surface area contributed by atoms with Crippen molar-refractivity contribution in [1.29, 1.82) is 0 Å². The maximum atomic E-state index is 11.4. The van der Waals surface area contributed by atoms with Crippen molar-refractivity contribution in [3.63, 3.8) is 0 Å². The summed E-state index contributed by atoms with van der Waals surface area (Å²) in [5.41, 5.74) is 14.3. The third-order valence-corrected chi connectivity index (χ3v) is 7.13. The van der Waals surface area contributed by atoms with E-state index in [4.69, 9.17) is 11.5 Å². The van der Waals surface area contributed by atoms with Crippen LogP contribution in [0, 0.1) is 0 Å². The van der Waals surface area contributed by atoms with Crippen LogP contribution in [0.25, 0.3) is 27.4 Å². The van der Waals surface area contributed by atoms with Crippen LogP contribution in [0.1, 0.15) is 47.0 Å². The Morgan fingerprint density at radius 3 is 2.72 bits per heavy atom. The largest absolute Gasteiger partial charge is 0.387 e. The van der Waals surface area contributed by atoms with E-state index in [9.17, 15) is 4.79 Å². The van der Waals surface area contributed by atoms with Crippen LogP contribution in [-0.2, 0) is 0 Å². The topological polar surface area (TPSA) is 138 Å². The molecule has 0 spiro atoms. The van der Waals surface area contributed by atoms with Crippen LogP contribution in [0.15, 0.2) is 36.8 Å². The molecular weight excluding hydrogens is 424 g/mol. The lowest BCUT2D eigenvalue weighted by molar-refractivity contribution is 0.1000. The molecule has 32 heavy (non-hydrogen) atoms. The molecule has 1 saturated carbocycles. The Morgan fingerprint density at radius 1 is 1.16 bits per heavy atom. The average molecular weight is 449 g/mol. The summed E-state index contributed by atoms with van der Waals surface area (Å²) in [5.74, 6) is 0.645. The minimum atomic E-state index is -0.500. The number of anilines is 1. The lowest BCUT2D eigenvalue weighted by Gasteiger charge is -2.23. The van der Waals surface area contributed by atoms with Crippen LogP contribution in [0.4, 0.5) is 5.69 Å². The number of nitrogens with two attached hydrogens (primary N) is 2. The first kappa shape index (κ1) is 20.5. The van der Waals surface area contributed by atoms with Gasteiger partial charge in [0.1, 0.15) is 16.5 Å². The molecule has 1 aliphatic rings. The van der Waals surface area contributed by atoms with E-state index in [1.54, 1.807) is 17.4 Å². The van der Waals surface area contributed by atoms with Crippen molar-refractivity contribution >= 4 is 34.0 Å². The zero-order valence-electron chi connectivity index (χ0n) is 17.7. The molecule has 10 heteroatoms. The summed E-state index contributed by atoms with van der Waals surface area (Å²) in [6, 6.07) is 5.89. The highest BCUT2D eigenvalue weighted by atomic mass is 32.1. The number of carbonyl (C=O) groups excluding carboxylic acids is 1. The number of fused-ring (bicyclic) bond motifs is 1. The number of hydrogen-bond acceptors (Lipinski definition) is 8. The molecule has 4 aromatic rings. The second-order valence-corrected chi connectivity index (χ2v) is 9.09. The number of amides is 1. The fourth-order valence-electron chi connectivity index (χ4n) is 4.17. The van der Waals surface area contributed by atoms with Gasteiger partial charge in [0, 0.05) is 54.7 Å². The molecule has 1 amide bonds. The van der Waals surface area contributed by atoms with Crippen LogP contribution in [-0.4, -0.2) is 43.7 Å². The van der Waals surface area contributed by atoms with Gasteiger partial charge in [-0.1, -0.05) is 11.3 Å². The number of hydrogen-bond donors (Lipinski definition) is 3.